The Labute approximate surface area is 195 Å². The first-order valence-electron chi connectivity index (χ1n) is 11.0. The van der Waals surface area contributed by atoms with Crippen LogP contribution in [0.4, 0.5) is 0 Å². The standard InChI is InChI=1S/C30H21N2P/c33-29-11-2-1-8-26(29)30-24(20-12-14-27-22(18-20)6-4-16-31-27)9-3-10-25(30)21-13-15-28-23(19-21)7-5-17-32-28/h1-19H,33H2. The van der Waals surface area contributed by atoms with Crippen LogP contribution in [-0.2, 0) is 0 Å². The van der Waals surface area contributed by atoms with Crippen LogP contribution in [0.25, 0.3) is 55.2 Å². The molecule has 0 radical (unpaired) electrons. The molecule has 1 unspecified atom stereocenters. The molecule has 2 nitrogen and oxygen atoms in total. The second kappa shape index (κ2) is 8.24. The van der Waals surface area contributed by atoms with E-state index in [0.29, 0.717) is 0 Å². The normalized spacial score (nSPS) is 11.2. The van der Waals surface area contributed by atoms with E-state index >= 15 is 0 Å². The van der Waals surface area contributed by atoms with Crippen LogP contribution in [0.1, 0.15) is 0 Å². The van der Waals surface area contributed by atoms with Gasteiger partial charge in [0.1, 0.15) is 0 Å². The summed E-state index contributed by atoms with van der Waals surface area (Å²) in [6.07, 6.45) is 3.68. The van der Waals surface area contributed by atoms with E-state index in [1.54, 1.807) is 0 Å². The van der Waals surface area contributed by atoms with Crippen molar-refractivity contribution in [2.24, 2.45) is 0 Å². The van der Waals surface area contributed by atoms with Crippen molar-refractivity contribution in [1.29, 1.82) is 0 Å². The van der Waals surface area contributed by atoms with Crippen molar-refractivity contribution in [3.63, 3.8) is 0 Å². The predicted octanol–water partition coefficient (Wildman–Crippen LogP) is 7.28. The molecule has 3 heteroatoms. The van der Waals surface area contributed by atoms with E-state index in [1.807, 2.05) is 24.5 Å². The molecule has 6 rings (SSSR count). The molecule has 33 heavy (non-hydrogen) atoms. The molecule has 0 spiro atoms. The average Bonchev–Trinajstić information content (AvgIpc) is 2.88. The van der Waals surface area contributed by atoms with Crippen LogP contribution < -0.4 is 5.30 Å². The molecule has 0 fully saturated rings. The summed E-state index contributed by atoms with van der Waals surface area (Å²) in [5, 5.41) is 3.46. The molecule has 0 aliphatic carbocycles. The van der Waals surface area contributed by atoms with Gasteiger partial charge in [0, 0.05) is 23.2 Å². The van der Waals surface area contributed by atoms with Crippen molar-refractivity contribution in [1.82, 2.24) is 9.97 Å². The summed E-state index contributed by atoms with van der Waals surface area (Å²) in [7, 11) is 2.91. The first-order valence-corrected chi connectivity index (χ1v) is 11.5. The van der Waals surface area contributed by atoms with Crippen LogP contribution in [0.3, 0.4) is 0 Å². The van der Waals surface area contributed by atoms with Crippen LogP contribution in [0.15, 0.2) is 116 Å². The average molecular weight is 440 g/mol. The zero-order valence-corrected chi connectivity index (χ0v) is 19.1. The summed E-state index contributed by atoms with van der Waals surface area (Å²) in [5.74, 6) is 0. The Kier molecular flexibility index (Phi) is 4.94. The quantitative estimate of drug-likeness (QED) is 0.270. The Morgan fingerprint density at radius 3 is 1.61 bits per heavy atom. The highest BCUT2D eigenvalue weighted by Crippen LogP contribution is 2.41. The van der Waals surface area contributed by atoms with Crippen LogP contribution in [0, 0.1) is 0 Å². The Bertz CT molecular complexity index is 1540. The number of aromatic nitrogens is 2. The highest BCUT2D eigenvalue weighted by atomic mass is 31.0. The maximum Gasteiger partial charge on any atom is 0.0702 e. The Balaban J connectivity index is 1.65. The molecule has 0 saturated carbocycles. The third kappa shape index (κ3) is 3.59. The van der Waals surface area contributed by atoms with Crippen molar-refractivity contribution in [3.05, 3.63) is 116 Å². The van der Waals surface area contributed by atoms with Gasteiger partial charge in [-0.1, -0.05) is 66.7 Å². The van der Waals surface area contributed by atoms with Crippen LogP contribution in [0.5, 0.6) is 0 Å². The maximum absolute atomic E-state index is 4.50. The SMILES string of the molecule is Pc1ccccc1-c1c(-c2ccc3ncccc3c2)cccc1-c1ccc2ncccc2c1. The third-order valence-electron chi connectivity index (χ3n) is 6.12. The molecule has 0 aliphatic rings. The van der Waals surface area contributed by atoms with Crippen molar-refractivity contribution < 1.29 is 0 Å². The predicted molar refractivity (Wildman–Crippen MR) is 143 cm³/mol. The van der Waals surface area contributed by atoms with Gasteiger partial charge in [-0.05, 0) is 75.1 Å². The lowest BCUT2D eigenvalue weighted by atomic mass is 9.87. The van der Waals surface area contributed by atoms with E-state index < -0.39 is 0 Å². The number of rotatable bonds is 3. The highest BCUT2D eigenvalue weighted by Gasteiger charge is 2.16. The molecule has 2 aromatic heterocycles. The van der Waals surface area contributed by atoms with Crippen molar-refractivity contribution in [2.75, 3.05) is 0 Å². The fraction of sp³-hybridized carbons (Fsp3) is 0. The molecule has 156 valence electrons. The van der Waals surface area contributed by atoms with Gasteiger partial charge < -0.3 is 0 Å². The summed E-state index contributed by atoms with van der Waals surface area (Å²) >= 11 is 0. The number of benzene rings is 4. The van der Waals surface area contributed by atoms with Crippen LogP contribution in [0.2, 0.25) is 0 Å². The minimum absolute atomic E-state index is 1.01. The third-order valence-corrected chi connectivity index (χ3v) is 6.63. The van der Waals surface area contributed by atoms with Crippen molar-refractivity contribution in [2.45, 2.75) is 0 Å². The van der Waals surface area contributed by atoms with E-state index in [2.05, 4.69) is 110 Å². The maximum atomic E-state index is 4.50. The zero-order chi connectivity index (χ0) is 22.2. The number of pyridine rings is 2. The molecule has 0 N–H and O–H groups in total. The molecule has 6 aromatic rings. The zero-order valence-electron chi connectivity index (χ0n) is 17.9. The fourth-order valence-electron chi connectivity index (χ4n) is 4.53. The lowest BCUT2D eigenvalue weighted by Crippen LogP contribution is -1.99. The summed E-state index contributed by atoms with van der Waals surface area (Å²) in [5.41, 5.74) is 9.24. The first kappa shape index (κ1) is 19.8. The molecular formula is C30H21N2P. The minimum Gasteiger partial charge on any atom is -0.256 e. The number of nitrogens with zero attached hydrogens (tertiary/aromatic N) is 2. The van der Waals surface area contributed by atoms with Gasteiger partial charge in [0.2, 0.25) is 0 Å². The monoisotopic (exact) mass is 440 g/mol. The summed E-state index contributed by atoms with van der Waals surface area (Å²) in [4.78, 5) is 8.99. The first-order chi connectivity index (χ1) is 16.3. The molecule has 0 saturated heterocycles. The van der Waals surface area contributed by atoms with E-state index in [4.69, 9.17) is 0 Å². The van der Waals surface area contributed by atoms with Gasteiger partial charge in [0.15, 0.2) is 0 Å². The lowest BCUT2D eigenvalue weighted by Gasteiger charge is -2.18. The fourth-order valence-corrected chi connectivity index (χ4v) is 4.89. The summed E-state index contributed by atoms with van der Waals surface area (Å²) < 4.78 is 0. The van der Waals surface area contributed by atoms with Gasteiger partial charge in [-0.25, -0.2) is 0 Å². The molecule has 4 aromatic carbocycles. The topological polar surface area (TPSA) is 25.8 Å². The van der Waals surface area contributed by atoms with Gasteiger partial charge in [-0.2, -0.15) is 0 Å². The molecule has 0 aliphatic heterocycles. The Morgan fingerprint density at radius 1 is 0.485 bits per heavy atom. The summed E-state index contributed by atoms with van der Waals surface area (Å²) in [6, 6.07) is 36.4. The van der Waals surface area contributed by atoms with Gasteiger partial charge in [0.05, 0.1) is 11.0 Å². The molecule has 0 bridgehead atoms. The van der Waals surface area contributed by atoms with Crippen molar-refractivity contribution in [3.8, 4) is 33.4 Å². The van der Waals surface area contributed by atoms with Crippen LogP contribution in [-0.4, -0.2) is 9.97 Å². The van der Waals surface area contributed by atoms with E-state index in [1.165, 1.54) is 38.7 Å². The van der Waals surface area contributed by atoms with Gasteiger partial charge in [-0.15, -0.1) is 9.24 Å². The highest BCUT2D eigenvalue weighted by molar-refractivity contribution is 7.28. The van der Waals surface area contributed by atoms with Gasteiger partial charge in [0.25, 0.3) is 0 Å². The van der Waals surface area contributed by atoms with E-state index in [-0.39, 0.29) is 0 Å². The second-order valence-electron chi connectivity index (χ2n) is 8.14. The van der Waals surface area contributed by atoms with Crippen LogP contribution >= 0.6 is 9.24 Å². The number of hydrogen-bond acceptors (Lipinski definition) is 2. The van der Waals surface area contributed by atoms with E-state index in [0.717, 1.165) is 21.8 Å². The summed E-state index contributed by atoms with van der Waals surface area (Å²) in [6.45, 7) is 0. The molecular weight excluding hydrogens is 419 g/mol. The second-order valence-corrected chi connectivity index (χ2v) is 8.76. The van der Waals surface area contributed by atoms with E-state index in [9.17, 15) is 0 Å². The lowest BCUT2D eigenvalue weighted by molar-refractivity contribution is 1.41. The number of hydrogen-bond donors (Lipinski definition) is 0. The molecule has 1 atom stereocenters. The van der Waals surface area contributed by atoms with Gasteiger partial charge >= 0.3 is 0 Å². The molecule has 2 heterocycles. The number of fused-ring (bicyclic) bond motifs is 2. The minimum atomic E-state index is 1.01. The Hall–Kier alpha value is -3.87. The van der Waals surface area contributed by atoms with Gasteiger partial charge in [-0.3, -0.25) is 9.97 Å². The Morgan fingerprint density at radius 2 is 1.03 bits per heavy atom. The smallest absolute Gasteiger partial charge is 0.0702 e. The largest absolute Gasteiger partial charge is 0.256 e. The van der Waals surface area contributed by atoms with Crippen molar-refractivity contribution >= 4 is 36.4 Å². The molecule has 0 amide bonds.